The minimum Gasteiger partial charge on any atom is -0.207 e. The molecule has 2 aromatic carbocycles. The van der Waals surface area contributed by atoms with Crippen LogP contribution in [0, 0.1) is 19.6 Å². The first-order valence-corrected chi connectivity index (χ1v) is 7.13. The molecule has 1 aromatic heterocycles. The summed E-state index contributed by atoms with van der Waals surface area (Å²) in [5.74, 6) is -0.704. The van der Waals surface area contributed by atoms with E-state index in [9.17, 15) is 4.39 Å². The van der Waals surface area contributed by atoms with Crippen molar-refractivity contribution in [3.8, 4) is 22.4 Å². The predicted octanol–water partition coefficient (Wildman–Crippen LogP) is 4.60. The molecule has 1 heterocycles. The Kier molecular flexibility index (Phi) is 2.90. The number of benzene rings is 2. The van der Waals surface area contributed by atoms with E-state index in [4.69, 9.17) is 4.11 Å². The fraction of sp³-hybridized carbons (Fsp3) is 0.150. The summed E-state index contributed by atoms with van der Waals surface area (Å²) in [4.78, 5) is 0. The third kappa shape index (κ3) is 2.64. The number of nitrogens with zero attached hydrogens (tertiary/aromatic N) is 1. The first-order chi connectivity index (χ1) is 11.8. The third-order valence-corrected chi connectivity index (χ3v) is 3.87. The molecule has 0 aliphatic rings. The second-order valence-corrected chi connectivity index (χ2v) is 5.42. The molecular weight excluding hydrogens is 273 g/mol. The highest BCUT2D eigenvalue weighted by Gasteiger charge is 2.14. The van der Waals surface area contributed by atoms with Crippen molar-refractivity contribution in [3.05, 3.63) is 77.7 Å². The van der Waals surface area contributed by atoms with E-state index in [0.717, 1.165) is 22.4 Å². The molecular formula is C20H19FN+. The number of hydrogen-bond donors (Lipinski definition) is 0. The summed E-state index contributed by atoms with van der Waals surface area (Å²) in [5, 5.41) is 0. The van der Waals surface area contributed by atoms with E-state index >= 15 is 0 Å². The van der Waals surface area contributed by atoms with Gasteiger partial charge in [-0.15, -0.1) is 0 Å². The molecule has 0 aliphatic carbocycles. The van der Waals surface area contributed by atoms with Gasteiger partial charge in [-0.2, -0.15) is 0 Å². The van der Waals surface area contributed by atoms with Gasteiger partial charge >= 0.3 is 0 Å². The highest BCUT2D eigenvalue weighted by Crippen LogP contribution is 2.26. The largest absolute Gasteiger partial charge is 0.213 e. The summed E-state index contributed by atoms with van der Waals surface area (Å²) in [6, 6.07) is 16.2. The van der Waals surface area contributed by atoms with Crippen LogP contribution in [-0.2, 0) is 7.05 Å². The number of rotatable bonds is 2. The number of hydrogen-bond acceptors (Lipinski definition) is 0. The molecule has 0 spiro atoms. The van der Waals surface area contributed by atoms with Crippen LogP contribution in [-0.4, -0.2) is 0 Å². The molecule has 0 fully saturated rings. The van der Waals surface area contributed by atoms with Crippen molar-refractivity contribution >= 4 is 0 Å². The van der Waals surface area contributed by atoms with Crippen LogP contribution in [0.25, 0.3) is 22.4 Å². The van der Waals surface area contributed by atoms with Crippen molar-refractivity contribution in [3.63, 3.8) is 0 Å². The van der Waals surface area contributed by atoms with E-state index in [0.29, 0.717) is 5.56 Å². The van der Waals surface area contributed by atoms with Crippen molar-refractivity contribution in [2.45, 2.75) is 13.8 Å². The molecule has 1 nitrogen and oxygen atoms in total. The van der Waals surface area contributed by atoms with Gasteiger partial charge in [-0.05, 0) is 54.2 Å². The smallest absolute Gasteiger partial charge is 0.207 e. The molecule has 110 valence electrons. The van der Waals surface area contributed by atoms with Crippen molar-refractivity contribution in [2.24, 2.45) is 7.05 Å². The Morgan fingerprint density at radius 3 is 2.50 bits per heavy atom. The van der Waals surface area contributed by atoms with Crippen molar-refractivity contribution in [2.75, 3.05) is 0 Å². The maximum absolute atomic E-state index is 13.9. The van der Waals surface area contributed by atoms with E-state index < -0.39 is 12.7 Å². The van der Waals surface area contributed by atoms with Crippen LogP contribution < -0.4 is 4.57 Å². The molecule has 0 bridgehead atoms. The number of aromatic nitrogens is 1. The molecule has 0 atom stereocenters. The summed E-state index contributed by atoms with van der Waals surface area (Å²) in [6.45, 7) is -0.426. The SMILES string of the molecule is [2H]C([2H])([2H])c1cc(-c2cc[n+](C)c(-c3ccccc3C)c2)ccc1F. The molecule has 2 heteroatoms. The molecule has 22 heavy (non-hydrogen) atoms. The lowest BCUT2D eigenvalue weighted by molar-refractivity contribution is -0.660. The highest BCUT2D eigenvalue weighted by molar-refractivity contribution is 5.70. The molecule has 3 aromatic rings. The Labute approximate surface area is 134 Å². The number of pyridine rings is 1. The Morgan fingerprint density at radius 2 is 1.73 bits per heavy atom. The van der Waals surface area contributed by atoms with Crippen LogP contribution >= 0.6 is 0 Å². The van der Waals surface area contributed by atoms with Crippen LogP contribution in [0.4, 0.5) is 4.39 Å². The standard InChI is InChI=1S/C20H19FN/c1-14-6-4-5-7-18(14)20-13-17(10-11-22(20)3)16-8-9-19(21)15(2)12-16/h4-13H,1-3H3/q+1/i2D3. The van der Waals surface area contributed by atoms with Gasteiger partial charge in [0.2, 0.25) is 5.69 Å². The van der Waals surface area contributed by atoms with Crippen LogP contribution in [0.5, 0.6) is 0 Å². The molecule has 0 aliphatic heterocycles. The summed E-state index contributed by atoms with van der Waals surface area (Å²) in [5.41, 5.74) is 4.54. The van der Waals surface area contributed by atoms with Gasteiger partial charge in [0.15, 0.2) is 6.20 Å². The Morgan fingerprint density at radius 1 is 0.955 bits per heavy atom. The van der Waals surface area contributed by atoms with Crippen LogP contribution in [0.15, 0.2) is 60.8 Å². The van der Waals surface area contributed by atoms with E-state index in [-0.39, 0.29) is 5.56 Å². The maximum atomic E-state index is 13.9. The Bertz CT molecular complexity index is 932. The Hall–Kier alpha value is -2.48. The fourth-order valence-electron chi connectivity index (χ4n) is 2.58. The monoisotopic (exact) mass is 295 g/mol. The fourth-order valence-corrected chi connectivity index (χ4v) is 2.58. The van der Waals surface area contributed by atoms with Gasteiger partial charge in [-0.3, -0.25) is 0 Å². The lowest BCUT2D eigenvalue weighted by Gasteiger charge is -2.08. The van der Waals surface area contributed by atoms with E-state index in [1.54, 1.807) is 6.07 Å². The summed E-state index contributed by atoms with van der Waals surface area (Å²) in [7, 11) is 1.96. The van der Waals surface area contributed by atoms with Gasteiger partial charge in [-0.1, -0.05) is 24.3 Å². The quantitative estimate of drug-likeness (QED) is 0.608. The normalized spacial score (nSPS) is 13.3. The van der Waals surface area contributed by atoms with Gasteiger partial charge < -0.3 is 0 Å². The summed E-state index contributed by atoms with van der Waals surface area (Å²) < 4.78 is 38.4. The molecule has 0 saturated carbocycles. The number of aryl methyl sites for hydroxylation is 3. The Balaban J connectivity index is 2.14. The van der Waals surface area contributed by atoms with Crippen LogP contribution in [0.1, 0.15) is 15.2 Å². The zero-order chi connectivity index (χ0) is 18.2. The summed E-state index contributed by atoms with van der Waals surface area (Å²) >= 11 is 0. The van der Waals surface area contributed by atoms with E-state index in [2.05, 4.69) is 0 Å². The van der Waals surface area contributed by atoms with Crippen molar-refractivity contribution in [1.82, 2.24) is 0 Å². The topological polar surface area (TPSA) is 3.88 Å². The van der Waals surface area contributed by atoms with Gasteiger partial charge in [0, 0.05) is 21.8 Å². The average Bonchev–Trinajstić information content (AvgIpc) is 2.55. The first kappa shape index (κ1) is 11.1. The van der Waals surface area contributed by atoms with E-state index in [1.165, 1.54) is 12.1 Å². The zero-order valence-electron chi connectivity index (χ0n) is 15.6. The van der Waals surface area contributed by atoms with E-state index in [1.807, 2.05) is 61.1 Å². The van der Waals surface area contributed by atoms with Gasteiger partial charge in [0.1, 0.15) is 12.9 Å². The van der Waals surface area contributed by atoms with Crippen LogP contribution in [0.3, 0.4) is 0 Å². The zero-order valence-corrected chi connectivity index (χ0v) is 12.6. The minimum absolute atomic E-state index is 0.254. The molecule has 0 unspecified atom stereocenters. The minimum atomic E-state index is -2.47. The highest BCUT2D eigenvalue weighted by atomic mass is 19.1. The lowest BCUT2D eigenvalue weighted by Crippen LogP contribution is -2.30. The molecule has 0 radical (unpaired) electrons. The number of halogens is 1. The van der Waals surface area contributed by atoms with Crippen molar-refractivity contribution in [1.29, 1.82) is 0 Å². The molecule has 0 N–H and O–H groups in total. The predicted molar refractivity (Wildman–Crippen MR) is 87.9 cm³/mol. The van der Waals surface area contributed by atoms with Crippen molar-refractivity contribution < 1.29 is 13.1 Å². The third-order valence-electron chi connectivity index (χ3n) is 3.87. The van der Waals surface area contributed by atoms with Gasteiger partial charge in [0.25, 0.3) is 0 Å². The van der Waals surface area contributed by atoms with Crippen LogP contribution in [0.2, 0.25) is 0 Å². The molecule has 0 amide bonds. The average molecular weight is 295 g/mol. The van der Waals surface area contributed by atoms with Gasteiger partial charge in [-0.25, -0.2) is 8.96 Å². The first-order valence-electron chi connectivity index (χ1n) is 8.63. The lowest BCUT2D eigenvalue weighted by atomic mass is 9.99. The van der Waals surface area contributed by atoms with Gasteiger partial charge in [0.05, 0.1) is 0 Å². The maximum Gasteiger partial charge on any atom is 0.213 e. The molecule has 0 saturated heterocycles. The molecule has 3 rings (SSSR count). The summed E-state index contributed by atoms with van der Waals surface area (Å²) in [6.07, 6.45) is 1.93. The second kappa shape index (κ2) is 5.72. The second-order valence-electron chi connectivity index (χ2n) is 5.42.